The zero-order valence-corrected chi connectivity index (χ0v) is 33.3. The van der Waals surface area contributed by atoms with E-state index in [4.69, 9.17) is 41.0 Å². The van der Waals surface area contributed by atoms with Gasteiger partial charge in [0.25, 0.3) is 46.3 Å². The van der Waals surface area contributed by atoms with Crippen LogP contribution >= 0.6 is 0 Å². The lowest BCUT2D eigenvalue weighted by molar-refractivity contribution is -0.769. The molecule has 0 amide bonds. The Balaban J connectivity index is -0.000000823. The van der Waals surface area contributed by atoms with Crippen molar-refractivity contribution in [3.8, 4) is 0 Å². The van der Waals surface area contributed by atoms with Gasteiger partial charge in [-0.15, -0.1) is 0 Å². The van der Waals surface area contributed by atoms with Crippen LogP contribution in [-0.4, -0.2) is 26.6 Å². The summed E-state index contributed by atoms with van der Waals surface area (Å²) in [6.45, 7) is 11.9. The third kappa shape index (κ3) is 16.0. The summed E-state index contributed by atoms with van der Waals surface area (Å²) in [6.07, 6.45) is 13.6. The van der Waals surface area contributed by atoms with E-state index in [1.807, 2.05) is 18.7 Å². The molecule has 4 aromatic rings. The molecule has 0 fully saturated rings. The normalized spacial score (nSPS) is 10.1. The van der Waals surface area contributed by atoms with E-state index in [0.29, 0.717) is 23.5 Å². The molecule has 0 radical (unpaired) electrons. The number of hydrogen-bond acceptors (Lipinski definition) is 12. The molecule has 0 aliphatic heterocycles. The van der Waals surface area contributed by atoms with Gasteiger partial charge in [-0.05, 0) is 31.6 Å². The van der Waals surface area contributed by atoms with Crippen LogP contribution in [0.4, 0.5) is 23.5 Å². The molecule has 0 saturated heterocycles. The van der Waals surface area contributed by atoms with Crippen LogP contribution < -0.4 is 91.3 Å². The van der Waals surface area contributed by atoms with E-state index in [1.165, 1.54) is 0 Å². The first-order chi connectivity index (χ1) is 22.3. The maximum Gasteiger partial charge on any atom is 0.296 e. The fourth-order valence-corrected chi connectivity index (χ4v) is 5.08. The Morgan fingerprint density at radius 3 is 0.765 bits per heavy atom. The van der Waals surface area contributed by atoms with E-state index < -0.39 is 0 Å². The van der Waals surface area contributed by atoms with Gasteiger partial charge in [-0.25, -0.2) is 0 Å². The van der Waals surface area contributed by atoms with Crippen molar-refractivity contribution in [1.82, 2.24) is 21.1 Å². The number of anilines is 4. The van der Waals surface area contributed by atoms with Gasteiger partial charge in [0.15, 0.2) is 26.2 Å². The highest BCUT2D eigenvalue weighted by Gasteiger charge is 2.27. The summed E-state index contributed by atoms with van der Waals surface area (Å²) >= 11 is 0. The Kier molecular flexibility index (Phi) is 29.2. The molecule has 4 heterocycles. The molecule has 0 atom stereocenters. The molecule has 0 saturated carbocycles. The molecule has 0 aliphatic rings. The lowest BCUT2D eigenvalue weighted by Crippen LogP contribution is -3.00. The number of aryl methyl sites for hydroxylation is 4. The predicted octanol–water partition coefficient (Wildman–Crippen LogP) is -10.5. The number of nitrogens with zero attached hydrogens (tertiary/aromatic N) is 8. The largest absolute Gasteiger partial charge is 1.00 e. The summed E-state index contributed by atoms with van der Waals surface area (Å²) in [5.41, 5.74) is 27.4. The lowest BCUT2D eigenvalue weighted by Gasteiger charge is -1.96. The maximum atomic E-state index is 5.89. The molecular weight excluding hydrogens is 750 g/mol. The SMILES string of the molecule is CCCC[n+]1noc(N)c1CCCc1c(N)on[n+]1CCCC.CCCC[n+]1noc(N)c1CCCc1c(N)on[n+]1CCCC.O.[Cl-].[Cl-].[Cl-].[Cl-]. The molecule has 4 aromatic heterocycles. The van der Waals surface area contributed by atoms with E-state index in [1.54, 1.807) is 0 Å². The molecule has 0 unspecified atom stereocenters. The highest BCUT2D eigenvalue weighted by Crippen LogP contribution is 2.14. The monoisotopic (exact) mass is 806 g/mol. The Morgan fingerprint density at radius 1 is 0.392 bits per heavy atom. The highest BCUT2D eigenvalue weighted by atomic mass is 35.5. The fourth-order valence-electron chi connectivity index (χ4n) is 5.08. The van der Waals surface area contributed by atoms with Crippen molar-refractivity contribution in [2.45, 2.75) is 144 Å². The molecule has 4 rings (SSSR count). The molecule has 0 aliphatic carbocycles. The molecule has 21 heteroatoms. The Bertz CT molecular complexity index is 1240. The van der Waals surface area contributed by atoms with Crippen LogP contribution in [-0.2, 0) is 51.9 Å². The van der Waals surface area contributed by atoms with Crippen LogP contribution in [0.5, 0.6) is 0 Å². The molecule has 0 spiro atoms. The maximum absolute atomic E-state index is 5.89. The van der Waals surface area contributed by atoms with Crippen LogP contribution in [0.3, 0.4) is 0 Å². The van der Waals surface area contributed by atoms with Crippen molar-refractivity contribution in [3.63, 3.8) is 0 Å². The molecule has 0 bridgehead atoms. The van der Waals surface area contributed by atoms with Gasteiger partial charge in [-0.3, -0.25) is 18.1 Å². The minimum Gasteiger partial charge on any atom is -1.00 e. The van der Waals surface area contributed by atoms with Crippen LogP contribution in [0, 0.1) is 0 Å². The molecule has 10 N–H and O–H groups in total. The van der Waals surface area contributed by atoms with E-state index in [2.05, 4.69) is 48.8 Å². The third-order valence-corrected chi connectivity index (χ3v) is 7.88. The van der Waals surface area contributed by atoms with E-state index in [0.717, 1.165) is 139 Å². The second-order valence-corrected chi connectivity index (χ2v) is 11.5. The second-order valence-electron chi connectivity index (χ2n) is 11.5. The van der Waals surface area contributed by atoms with Crippen molar-refractivity contribution in [1.29, 1.82) is 0 Å². The number of halogens is 4. The Hall–Kier alpha value is -3.12. The fraction of sp³-hybridized carbons (Fsp3) is 0.733. The minimum atomic E-state index is 0. The van der Waals surface area contributed by atoms with E-state index in [9.17, 15) is 0 Å². The topological polar surface area (TPSA) is 255 Å². The average Bonchev–Trinajstić information content (AvgIpc) is 3.80. The zero-order valence-electron chi connectivity index (χ0n) is 30.3. The quantitative estimate of drug-likeness (QED) is 0.0608. The number of aromatic nitrogens is 8. The van der Waals surface area contributed by atoms with Gasteiger partial charge in [0.1, 0.15) is 0 Å². The van der Waals surface area contributed by atoms with Crippen molar-refractivity contribution >= 4 is 23.5 Å². The summed E-state index contributed by atoms with van der Waals surface area (Å²) in [6, 6.07) is 0. The van der Waals surface area contributed by atoms with Gasteiger partial charge < -0.3 is 78.0 Å². The number of unbranched alkanes of at least 4 members (excludes halogenated alkanes) is 4. The van der Waals surface area contributed by atoms with Crippen LogP contribution in [0.25, 0.3) is 0 Å². The molecule has 17 nitrogen and oxygen atoms in total. The van der Waals surface area contributed by atoms with Gasteiger partial charge in [-0.1, -0.05) is 53.4 Å². The molecule has 296 valence electrons. The van der Waals surface area contributed by atoms with Crippen molar-refractivity contribution in [3.05, 3.63) is 22.8 Å². The van der Waals surface area contributed by atoms with Gasteiger partial charge >= 0.3 is 0 Å². The smallest absolute Gasteiger partial charge is 0.296 e. The number of rotatable bonds is 20. The first kappa shape index (κ1) is 52.2. The zero-order chi connectivity index (χ0) is 33.3. The second kappa shape index (κ2) is 28.5. The number of nitrogen functional groups attached to an aromatic ring is 4. The van der Waals surface area contributed by atoms with Crippen molar-refractivity contribution < 1.29 is 91.9 Å². The highest BCUT2D eigenvalue weighted by molar-refractivity contribution is 5.28. The minimum absolute atomic E-state index is 0. The third-order valence-electron chi connectivity index (χ3n) is 7.88. The average molecular weight is 809 g/mol. The van der Waals surface area contributed by atoms with Crippen LogP contribution in [0.2, 0.25) is 0 Å². The van der Waals surface area contributed by atoms with Crippen LogP contribution in [0.1, 0.15) is 115 Å². The molecule has 51 heavy (non-hydrogen) atoms. The molecular formula is C30H58Cl4N12O5. The summed E-state index contributed by atoms with van der Waals surface area (Å²) in [4.78, 5) is 0. The van der Waals surface area contributed by atoms with Gasteiger partial charge in [0.05, 0.1) is 0 Å². The number of hydrogen-bond donors (Lipinski definition) is 4. The van der Waals surface area contributed by atoms with Crippen molar-refractivity contribution in [2.75, 3.05) is 22.9 Å². The number of nitrogens with two attached hydrogens (primary N) is 4. The van der Waals surface area contributed by atoms with E-state index in [-0.39, 0.29) is 55.1 Å². The van der Waals surface area contributed by atoms with E-state index >= 15 is 0 Å². The van der Waals surface area contributed by atoms with Gasteiger partial charge in [0.2, 0.25) is 21.1 Å². The lowest BCUT2D eigenvalue weighted by atomic mass is 10.1. The van der Waals surface area contributed by atoms with Gasteiger partial charge in [-0.2, -0.15) is 0 Å². The van der Waals surface area contributed by atoms with Crippen molar-refractivity contribution in [2.24, 2.45) is 0 Å². The predicted molar refractivity (Wildman–Crippen MR) is 172 cm³/mol. The first-order valence-corrected chi connectivity index (χ1v) is 16.9. The Morgan fingerprint density at radius 2 is 0.588 bits per heavy atom. The summed E-state index contributed by atoms with van der Waals surface area (Å²) in [5, 5.41) is 16.0. The first-order valence-electron chi connectivity index (χ1n) is 16.9. The van der Waals surface area contributed by atoms with Crippen LogP contribution in [0.15, 0.2) is 18.1 Å². The Labute approximate surface area is 325 Å². The molecule has 0 aromatic carbocycles. The summed E-state index contributed by atoms with van der Waals surface area (Å²) in [7, 11) is 0. The van der Waals surface area contributed by atoms with Gasteiger partial charge in [0, 0.05) is 51.4 Å². The summed E-state index contributed by atoms with van der Waals surface area (Å²) < 4.78 is 27.9. The summed E-state index contributed by atoms with van der Waals surface area (Å²) in [5.74, 6) is 1.60. The standard InChI is InChI=1S/2C15H28N6O2.4ClH.H2O/c2*1-3-5-10-20-12(14(16)22-18-20)8-7-9-13-15(17)23-19-21(13)11-6-4-2;;;;;/h2*3-11,16-17H2,1-2H3;4*1H;1H2/q2*+2;;;;;/p-4.